The Morgan fingerprint density at radius 1 is 1.18 bits per heavy atom. The molecule has 0 saturated carbocycles. The van der Waals surface area contributed by atoms with Crippen molar-refractivity contribution in [1.29, 1.82) is 0 Å². The van der Waals surface area contributed by atoms with Gasteiger partial charge in [-0.1, -0.05) is 12.1 Å². The van der Waals surface area contributed by atoms with Crippen molar-refractivity contribution in [2.75, 3.05) is 20.5 Å². The van der Waals surface area contributed by atoms with Crippen molar-refractivity contribution in [2.24, 2.45) is 0 Å². The third-order valence-corrected chi connectivity index (χ3v) is 5.74. The highest BCUT2D eigenvalue weighted by atomic mass is 16.7. The normalized spacial score (nSPS) is 12.5. The molecule has 0 unspecified atom stereocenters. The number of nitrogens with zero attached hydrogens (tertiary/aromatic N) is 3. The van der Waals surface area contributed by atoms with Crippen LogP contribution in [0.25, 0.3) is 16.7 Å². The first-order chi connectivity index (χ1) is 16.1. The summed E-state index contributed by atoms with van der Waals surface area (Å²) < 4.78 is 19.3. The predicted molar refractivity (Wildman–Crippen MR) is 122 cm³/mol. The topological polar surface area (TPSA) is 96.1 Å². The van der Waals surface area contributed by atoms with E-state index in [9.17, 15) is 9.59 Å². The number of benzene rings is 1. The molecule has 0 spiro atoms. The molecule has 1 N–H and O–H groups in total. The minimum atomic E-state index is -0.284. The first-order valence-corrected chi connectivity index (χ1v) is 10.7. The van der Waals surface area contributed by atoms with Crippen LogP contribution in [0.3, 0.4) is 0 Å². The van der Waals surface area contributed by atoms with Gasteiger partial charge in [-0.2, -0.15) is 0 Å². The van der Waals surface area contributed by atoms with Crippen LogP contribution in [0.5, 0.6) is 11.5 Å². The average Bonchev–Trinajstić information content (AvgIpc) is 3.43. The third kappa shape index (κ3) is 3.80. The molecule has 0 aliphatic carbocycles. The molecule has 4 heterocycles. The van der Waals surface area contributed by atoms with Gasteiger partial charge in [0.25, 0.3) is 11.5 Å². The van der Waals surface area contributed by atoms with Crippen LogP contribution in [0.1, 0.15) is 28.0 Å². The maximum Gasteiger partial charge on any atom is 0.268 e. The molecule has 5 rings (SSSR count). The van der Waals surface area contributed by atoms with E-state index in [0.717, 1.165) is 11.1 Å². The number of ether oxygens (including phenoxy) is 3. The first kappa shape index (κ1) is 21.0. The third-order valence-electron chi connectivity index (χ3n) is 5.74. The van der Waals surface area contributed by atoms with Gasteiger partial charge >= 0.3 is 0 Å². The lowest BCUT2D eigenvalue weighted by Crippen LogP contribution is -2.25. The number of nitrogens with one attached hydrogen (secondary N) is 1. The van der Waals surface area contributed by atoms with Crippen molar-refractivity contribution in [3.05, 3.63) is 69.8 Å². The number of aryl methyl sites for hydroxylation is 2. The second-order valence-electron chi connectivity index (χ2n) is 7.94. The van der Waals surface area contributed by atoms with Gasteiger partial charge in [-0.3, -0.25) is 14.0 Å². The summed E-state index contributed by atoms with van der Waals surface area (Å²) in [6, 6.07) is 10.9. The number of rotatable bonds is 7. The lowest BCUT2D eigenvalue weighted by atomic mass is 10.2. The highest BCUT2D eigenvalue weighted by Crippen LogP contribution is 2.32. The molecule has 0 atom stereocenters. The van der Waals surface area contributed by atoms with Crippen LogP contribution in [-0.2, 0) is 17.8 Å². The maximum atomic E-state index is 13.2. The highest BCUT2D eigenvalue weighted by Gasteiger charge is 2.20. The molecule has 3 aromatic heterocycles. The van der Waals surface area contributed by atoms with E-state index in [2.05, 4.69) is 5.32 Å². The fraction of sp³-hybridized carbons (Fsp3) is 0.292. The smallest absolute Gasteiger partial charge is 0.268 e. The van der Waals surface area contributed by atoms with Crippen LogP contribution < -0.4 is 20.3 Å². The van der Waals surface area contributed by atoms with E-state index in [0.29, 0.717) is 60.0 Å². The lowest BCUT2D eigenvalue weighted by molar-refractivity contribution is 0.0940. The number of hydrogen-bond donors (Lipinski definition) is 1. The molecule has 0 radical (unpaired) electrons. The number of hydrogen-bond acceptors (Lipinski definition) is 6. The minimum absolute atomic E-state index is 0.198. The SMILES string of the molecule is COCCCn1c(C(=O)NCc2ccc3c(c2)OCO3)cc2c(=O)n3cccc(C)c3nc21. The summed E-state index contributed by atoms with van der Waals surface area (Å²) >= 11 is 0. The molecule has 9 heteroatoms. The molecule has 1 amide bonds. The van der Waals surface area contributed by atoms with Crippen molar-refractivity contribution in [1.82, 2.24) is 19.3 Å². The van der Waals surface area contributed by atoms with Crippen molar-refractivity contribution in [2.45, 2.75) is 26.4 Å². The van der Waals surface area contributed by atoms with Crippen LogP contribution in [0.15, 0.2) is 47.4 Å². The monoisotopic (exact) mass is 448 g/mol. The second kappa shape index (κ2) is 8.59. The Morgan fingerprint density at radius 3 is 2.88 bits per heavy atom. The largest absolute Gasteiger partial charge is 0.454 e. The summed E-state index contributed by atoms with van der Waals surface area (Å²) in [5.41, 5.74) is 3.03. The van der Waals surface area contributed by atoms with Gasteiger partial charge in [0.1, 0.15) is 17.0 Å². The molecule has 1 aliphatic rings. The standard InChI is InChI=1S/C24H24N4O5/c1-15-5-3-8-28-21(15)26-22-17(24(28)30)12-18(27(22)9-4-10-31-2)23(29)25-13-16-6-7-19-20(11-16)33-14-32-19/h3,5-8,11-12H,4,9-10,13-14H2,1-2H3,(H,25,29). The molecule has 1 aromatic carbocycles. The minimum Gasteiger partial charge on any atom is -0.454 e. The highest BCUT2D eigenvalue weighted by molar-refractivity contribution is 5.98. The number of methoxy groups -OCH3 is 1. The lowest BCUT2D eigenvalue weighted by Gasteiger charge is -2.11. The summed E-state index contributed by atoms with van der Waals surface area (Å²) in [4.78, 5) is 31.1. The van der Waals surface area contributed by atoms with E-state index in [1.165, 1.54) is 4.40 Å². The van der Waals surface area contributed by atoms with E-state index in [1.54, 1.807) is 23.9 Å². The Kier molecular flexibility index (Phi) is 5.47. The van der Waals surface area contributed by atoms with Crippen molar-refractivity contribution < 1.29 is 19.0 Å². The zero-order valence-corrected chi connectivity index (χ0v) is 18.5. The van der Waals surface area contributed by atoms with Gasteiger partial charge in [0.2, 0.25) is 6.79 Å². The van der Waals surface area contributed by atoms with Gasteiger partial charge in [0.05, 0.1) is 5.39 Å². The number of fused-ring (bicyclic) bond motifs is 3. The molecule has 4 aromatic rings. The molecule has 0 saturated heterocycles. The molecular formula is C24H24N4O5. The van der Waals surface area contributed by atoms with Gasteiger partial charge < -0.3 is 24.1 Å². The van der Waals surface area contributed by atoms with Crippen LogP contribution in [0.4, 0.5) is 0 Å². The van der Waals surface area contributed by atoms with Crippen molar-refractivity contribution >= 4 is 22.6 Å². The Bertz CT molecular complexity index is 1420. The maximum absolute atomic E-state index is 13.2. The number of aromatic nitrogens is 3. The Hall–Kier alpha value is -3.85. The predicted octanol–water partition coefficient (Wildman–Crippen LogP) is 2.65. The van der Waals surface area contributed by atoms with E-state index >= 15 is 0 Å². The first-order valence-electron chi connectivity index (χ1n) is 10.7. The molecule has 33 heavy (non-hydrogen) atoms. The molecule has 1 aliphatic heterocycles. The van der Waals surface area contributed by atoms with Gasteiger partial charge in [0.15, 0.2) is 11.5 Å². The second-order valence-corrected chi connectivity index (χ2v) is 7.94. The summed E-state index contributed by atoms with van der Waals surface area (Å²) in [7, 11) is 1.63. The number of pyridine rings is 1. The molecule has 0 bridgehead atoms. The van der Waals surface area contributed by atoms with Crippen LogP contribution >= 0.6 is 0 Å². The van der Waals surface area contributed by atoms with Crippen molar-refractivity contribution in [3.8, 4) is 11.5 Å². The van der Waals surface area contributed by atoms with E-state index in [4.69, 9.17) is 19.2 Å². The summed E-state index contributed by atoms with van der Waals surface area (Å²) in [5, 5.41) is 3.35. The number of carbonyl (C=O) groups excluding carboxylic acids is 1. The van der Waals surface area contributed by atoms with Crippen LogP contribution in [-0.4, -0.2) is 40.4 Å². The van der Waals surface area contributed by atoms with E-state index in [1.807, 2.05) is 37.3 Å². The number of amides is 1. The fourth-order valence-electron chi connectivity index (χ4n) is 4.07. The zero-order chi connectivity index (χ0) is 22.9. The average molecular weight is 448 g/mol. The van der Waals surface area contributed by atoms with Gasteiger partial charge in [-0.05, 0) is 48.7 Å². The van der Waals surface area contributed by atoms with Crippen LogP contribution in [0, 0.1) is 6.92 Å². The van der Waals surface area contributed by atoms with Gasteiger partial charge in [-0.25, -0.2) is 4.98 Å². The van der Waals surface area contributed by atoms with Gasteiger partial charge in [0, 0.05) is 33.0 Å². The van der Waals surface area contributed by atoms with Gasteiger partial charge in [-0.15, -0.1) is 0 Å². The Balaban J connectivity index is 1.51. The molecular weight excluding hydrogens is 424 g/mol. The molecule has 9 nitrogen and oxygen atoms in total. The Morgan fingerprint density at radius 2 is 2.03 bits per heavy atom. The number of carbonyl (C=O) groups is 1. The summed E-state index contributed by atoms with van der Waals surface area (Å²) in [6.07, 6.45) is 2.37. The quantitative estimate of drug-likeness (QED) is 0.437. The van der Waals surface area contributed by atoms with E-state index in [-0.39, 0.29) is 18.3 Å². The van der Waals surface area contributed by atoms with E-state index < -0.39 is 0 Å². The summed E-state index contributed by atoms with van der Waals surface area (Å²) in [5.74, 6) is 1.07. The zero-order valence-electron chi connectivity index (χ0n) is 18.5. The summed E-state index contributed by atoms with van der Waals surface area (Å²) in [6.45, 7) is 3.44. The Labute approximate surface area is 189 Å². The molecule has 0 fully saturated rings. The van der Waals surface area contributed by atoms with Crippen LogP contribution in [0.2, 0.25) is 0 Å². The van der Waals surface area contributed by atoms with Crippen molar-refractivity contribution in [3.63, 3.8) is 0 Å². The molecule has 170 valence electrons. The fourth-order valence-corrected chi connectivity index (χ4v) is 4.07.